The molecule has 0 aromatic heterocycles. The average Bonchev–Trinajstić information content (AvgIpc) is 2.68. The van der Waals surface area contributed by atoms with Crippen LogP contribution in [0, 0.1) is 0 Å². The molecule has 0 fully saturated rings. The Kier molecular flexibility index (Phi) is 6.66. The molecule has 0 aliphatic heterocycles. The van der Waals surface area contributed by atoms with Crippen LogP contribution in [0.25, 0.3) is 0 Å². The minimum absolute atomic E-state index is 0.0233. The maximum absolute atomic E-state index is 12.3. The van der Waals surface area contributed by atoms with Crippen molar-refractivity contribution in [3.05, 3.63) is 59.7 Å². The third-order valence-electron chi connectivity index (χ3n) is 3.82. The first-order chi connectivity index (χ1) is 13.1. The predicted molar refractivity (Wildman–Crippen MR) is 103 cm³/mol. The minimum Gasteiger partial charge on any atom is -0.449 e. The van der Waals surface area contributed by atoms with Crippen LogP contribution in [0.4, 0.5) is 5.69 Å². The summed E-state index contributed by atoms with van der Waals surface area (Å²) in [5, 5.41) is 2.52. The highest BCUT2D eigenvalue weighted by Crippen LogP contribution is 2.18. The molecule has 0 radical (unpaired) electrons. The Labute approximate surface area is 163 Å². The van der Waals surface area contributed by atoms with Gasteiger partial charge in [0.2, 0.25) is 10.0 Å². The molecule has 9 heteroatoms. The van der Waals surface area contributed by atoms with E-state index in [-0.39, 0.29) is 16.1 Å². The van der Waals surface area contributed by atoms with Crippen LogP contribution in [-0.2, 0) is 19.6 Å². The zero-order valence-corrected chi connectivity index (χ0v) is 16.4. The maximum atomic E-state index is 12.3. The molecule has 28 heavy (non-hydrogen) atoms. The molecular formula is C19H20N2O6S. The highest BCUT2D eigenvalue weighted by Gasteiger charge is 2.21. The molecule has 0 unspecified atom stereocenters. The van der Waals surface area contributed by atoms with Gasteiger partial charge in [0.05, 0.1) is 10.5 Å². The number of anilines is 1. The van der Waals surface area contributed by atoms with Crippen molar-refractivity contribution in [3.63, 3.8) is 0 Å². The summed E-state index contributed by atoms with van der Waals surface area (Å²) in [4.78, 5) is 35.0. The molecule has 0 heterocycles. The van der Waals surface area contributed by atoms with Crippen LogP contribution >= 0.6 is 0 Å². The van der Waals surface area contributed by atoms with E-state index in [0.717, 1.165) is 4.31 Å². The van der Waals surface area contributed by atoms with E-state index in [0.29, 0.717) is 11.8 Å². The summed E-state index contributed by atoms with van der Waals surface area (Å²) in [5.74, 6) is -1.33. The van der Waals surface area contributed by atoms with Crippen LogP contribution in [0.2, 0.25) is 0 Å². The predicted octanol–water partition coefficient (Wildman–Crippen LogP) is 1.93. The molecule has 1 atom stereocenters. The maximum Gasteiger partial charge on any atom is 0.338 e. The molecule has 0 saturated carbocycles. The lowest BCUT2D eigenvalue weighted by atomic mass is 10.1. The number of carbonyl (C=O) groups excluding carboxylic acids is 3. The zero-order chi connectivity index (χ0) is 20.9. The number of hydrogen-bond acceptors (Lipinski definition) is 6. The van der Waals surface area contributed by atoms with Crippen LogP contribution in [-0.4, -0.2) is 51.1 Å². The molecular weight excluding hydrogens is 384 g/mol. The number of aldehydes is 1. The molecule has 0 bridgehead atoms. The molecule has 148 valence electrons. The molecule has 2 aromatic carbocycles. The molecule has 0 aliphatic rings. The monoisotopic (exact) mass is 404 g/mol. The van der Waals surface area contributed by atoms with Gasteiger partial charge in [0, 0.05) is 25.3 Å². The van der Waals surface area contributed by atoms with Gasteiger partial charge in [0.1, 0.15) is 6.29 Å². The van der Waals surface area contributed by atoms with Gasteiger partial charge in [-0.25, -0.2) is 17.5 Å². The van der Waals surface area contributed by atoms with Crippen molar-refractivity contribution in [1.29, 1.82) is 0 Å². The molecule has 0 saturated heterocycles. The number of esters is 1. The molecule has 1 amide bonds. The number of carbonyl (C=O) groups is 3. The lowest BCUT2D eigenvalue weighted by Crippen LogP contribution is -2.30. The standard InChI is InChI=1S/C19H20N2O6S/c1-13(27-19(24)15-9-7-14(12-22)8-10-15)18(23)20-16-5-4-6-17(11-16)28(25,26)21(2)3/h4-13H,1-3H3,(H,20,23)/t13-/m0/s1. The van der Waals surface area contributed by atoms with Crippen molar-refractivity contribution >= 4 is 33.9 Å². The molecule has 2 rings (SSSR count). The number of nitrogens with one attached hydrogen (secondary N) is 1. The first kappa shape index (κ1) is 21.3. The second-order valence-corrected chi connectivity index (χ2v) is 8.24. The Morgan fingerprint density at radius 1 is 1.11 bits per heavy atom. The highest BCUT2D eigenvalue weighted by atomic mass is 32.2. The van der Waals surface area contributed by atoms with E-state index in [1.807, 2.05) is 0 Å². The van der Waals surface area contributed by atoms with E-state index in [2.05, 4.69) is 5.32 Å². The van der Waals surface area contributed by atoms with Crippen LogP contribution in [0.15, 0.2) is 53.4 Å². The summed E-state index contributed by atoms with van der Waals surface area (Å²) < 4.78 is 30.5. The number of benzene rings is 2. The van der Waals surface area contributed by atoms with Crippen LogP contribution in [0.5, 0.6) is 0 Å². The Bertz CT molecular complexity index is 984. The van der Waals surface area contributed by atoms with Gasteiger partial charge in [-0.1, -0.05) is 18.2 Å². The molecule has 8 nitrogen and oxygen atoms in total. The summed E-state index contributed by atoms with van der Waals surface area (Å²) in [5.41, 5.74) is 0.866. The van der Waals surface area contributed by atoms with Crippen molar-refractivity contribution in [2.45, 2.75) is 17.9 Å². The van der Waals surface area contributed by atoms with Crippen molar-refractivity contribution in [1.82, 2.24) is 4.31 Å². The Morgan fingerprint density at radius 2 is 1.75 bits per heavy atom. The summed E-state index contributed by atoms with van der Waals surface area (Å²) in [6, 6.07) is 11.5. The summed E-state index contributed by atoms with van der Waals surface area (Å²) in [6.45, 7) is 1.40. The van der Waals surface area contributed by atoms with Crippen LogP contribution in [0.3, 0.4) is 0 Å². The first-order valence-electron chi connectivity index (χ1n) is 8.25. The van der Waals surface area contributed by atoms with E-state index in [1.165, 1.54) is 69.6 Å². The van der Waals surface area contributed by atoms with E-state index >= 15 is 0 Å². The fourth-order valence-electron chi connectivity index (χ4n) is 2.17. The van der Waals surface area contributed by atoms with E-state index in [9.17, 15) is 22.8 Å². The highest BCUT2D eigenvalue weighted by molar-refractivity contribution is 7.89. The Morgan fingerprint density at radius 3 is 2.32 bits per heavy atom. The van der Waals surface area contributed by atoms with E-state index in [1.54, 1.807) is 0 Å². The van der Waals surface area contributed by atoms with Gasteiger partial charge >= 0.3 is 5.97 Å². The fraction of sp³-hybridized carbons (Fsp3) is 0.211. The summed E-state index contributed by atoms with van der Waals surface area (Å²) >= 11 is 0. The number of sulfonamides is 1. The topological polar surface area (TPSA) is 110 Å². The van der Waals surface area contributed by atoms with Crippen molar-refractivity contribution in [3.8, 4) is 0 Å². The Hall–Kier alpha value is -3.04. The summed E-state index contributed by atoms with van der Waals surface area (Å²) in [6.07, 6.45) is -0.470. The van der Waals surface area contributed by atoms with E-state index in [4.69, 9.17) is 4.74 Å². The summed E-state index contributed by atoms with van der Waals surface area (Å²) in [7, 11) is -0.831. The quantitative estimate of drug-likeness (QED) is 0.558. The van der Waals surface area contributed by atoms with Crippen LogP contribution in [0.1, 0.15) is 27.6 Å². The van der Waals surface area contributed by atoms with Crippen molar-refractivity contribution in [2.75, 3.05) is 19.4 Å². The number of nitrogens with zero attached hydrogens (tertiary/aromatic N) is 1. The largest absolute Gasteiger partial charge is 0.449 e. The van der Waals surface area contributed by atoms with Gasteiger partial charge in [-0.15, -0.1) is 0 Å². The lowest BCUT2D eigenvalue weighted by molar-refractivity contribution is -0.123. The van der Waals surface area contributed by atoms with Gasteiger partial charge in [0.15, 0.2) is 6.10 Å². The third kappa shape index (κ3) is 5.02. The smallest absolute Gasteiger partial charge is 0.338 e. The van der Waals surface area contributed by atoms with Gasteiger partial charge in [-0.05, 0) is 37.3 Å². The number of amides is 1. The van der Waals surface area contributed by atoms with Crippen LogP contribution < -0.4 is 5.32 Å². The fourth-order valence-corrected chi connectivity index (χ4v) is 3.12. The first-order valence-corrected chi connectivity index (χ1v) is 9.69. The van der Waals surface area contributed by atoms with Gasteiger partial charge < -0.3 is 10.1 Å². The van der Waals surface area contributed by atoms with Gasteiger partial charge in [0.25, 0.3) is 5.91 Å². The van der Waals surface area contributed by atoms with Gasteiger partial charge in [-0.3, -0.25) is 9.59 Å². The minimum atomic E-state index is -3.64. The third-order valence-corrected chi connectivity index (χ3v) is 5.63. The molecule has 2 aromatic rings. The molecule has 0 aliphatic carbocycles. The zero-order valence-electron chi connectivity index (χ0n) is 15.6. The van der Waals surface area contributed by atoms with Crippen molar-refractivity contribution < 1.29 is 27.5 Å². The normalized spacial score (nSPS) is 12.3. The van der Waals surface area contributed by atoms with Gasteiger partial charge in [-0.2, -0.15) is 0 Å². The molecule has 0 spiro atoms. The second-order valence-electron chi connectivity index (χ2n) is 6.09. The SMILES string of the molecule is C[C@H](OC(=O)c1ccc(C=O)cc1)C(=O)Nc1cccc(S(=O)(=O)N(C)C)c1. The lowest BCUT2D eigenvalue weighted by Gasteiger charge is -2.15. The Balaban J connectivity index is 2.06. The van der Waals surface area contributed by atoms with Crippen molar-refractivity contribution in [2.24, 2.45) is 0 Å². The second kappa shape index (κ2) is 8.77. The molecule has 1 N–H and O–H groups in total. The number of hydrogen-bond donors (Lipinski definition) is 1. The number of rotatable bonds is 7. The van der Waals surface area contributed by atoms with E-state index < -0.39 is 28.0 Å². The number of ether oxygens (including phenoxy) is 1. The average molecular weight is 404 g/mol.